The Kier molecular flexibility index (Phi) is 5.53. The van der Waals surface area contributed by atoms with Gasteiger partial charge in [0.15, 0.2) is 5.82 Å². The molecule has 0 radical (unpaired) electrons. The summed E-state index contributed by atoms with van der Waals surface area (Å²) in [5.74, 6) is -0.752. The summed E-state index contributed by atoms with van der Waals surface area (Å²) in [7, 11) is 0. The zero-order chi connectivity index (χ0) is 19.0. The lowest BCUT2D eigenvalue weighted by Crippen LogP contribution is -2.52. The molecular weight excluding hydrogens is 383 g/mol. The zero-order valence-electron chi connectivity index (χ0n) is 15.4. The van der Waals surface area contributed by atoms with Crippen LogP contribution in [0, 0.1) is 5.82 Å². The van der Waals surface area contributed by atoms with Crippen molar-refractivity contribution in [2.75, 3.05) is 23.3 Å². The molecule has 0 aliphatic carbocycles. The van der Waals surface area contributed by atoms with E-state index in [0.29, 0.717) is 41.1 Å². The number of carbonyl (C=O) groups excluding carboxylic acids is 1. The lowest BCUT2D eigenvalue weighted by Gasteiger charge is -2.39. The van der Waals surface area contributed by atoms with Gasteiger partial charge in [0.05, 0.1) is 28.5 Å². The van der Waals surface area contributed by atoms with Crippen LogP contribution in [0.1, 0.15) is 30.1 Å². The van der Waals surface area contributed by atoms with Gasteiger partial charge in [0.25, 0.3) is 5.91 Å². The van der Waals surface area contributed by atoms with E-state index >= 15 is 0 Å². The van der Waals surface area contributed by atoms with Crippen LogP contribution in [0.15, 0.2) is 36.9 Å². The van der Waals surface area contributed by atoms with Crippen molar-refractivity contribution >= 4 is 40.7 Å². The standard InChI is InChI=1S/C19H21FN6O.ClH/c1-19(21)5-3-7-26(11-19)16-13(20)9-23-17-15(16)14(10-24-17)25-18(27)12-4-2-6-22-8-12;/h2,4,6,8-10H,3,5,7,11,21H2,1H3,(H,23,24)(H,25,27);1H. The van der Waals surface area contributed by atoms with Crippen LogP contribution in [0.25, 0.3) is 11.0 Å². The van der Waals surface area contributed by atoms with Crippen LogP contribution in [0.5, 0.6) is 0 Å². The molecule has 1 saturated heterocycles. The average Bonchev–Trinajstić information content (AvgIpc) is 3.04. The van der Waals surface area contributed by atoms with Crippen molar-refractivity contribution in [3.63, 3.8) is 0 Å². The molecule has 9 heteroatoms. The fourth-order valence-corrected chi connectivity index (χ4v) is 3.61. The molecule has 3 aromatic heterocycles. The third-order valence-corrected chi connectivity index (χ3v) is 4.85. The zero-order valence-corrected chi connectivity index (χ0v) is 16.2. The monoisotopic (exact) mass is 404 g/mol. The summed E-state index contributed by atoms with van der Waals surface area (Å²) in [6, 6.07) is 3.36. The smallest absolute Gasteiger partial charge is 0.257 e. The van der Waals surface area contributed by atoms with E-state index in [1.165, 1.54) is 12.4 Å². The first-order valence-corrected chi connectivity index (χ1v) is 8.85. The lowest BCUT2D eigenvalue weighted by molar-refractivity contribution is 0.102. The molecule has 1 aliphatic rings. The molecule has 4 N–H and O–H groups in total. The van der Waals surface area contributed by atoms with Crippen molar-refractivity contribution in [3.05, 3.63) is 48.3 Å². The van der Waals surface area contributed by atoms with Crippen molar-refractivity contribution in [2.24, 2.45) is 5.73 Å². The first-order chi connectivity index (χ1) is 12.9. The molecule has 0 bridgehead atoms. The average molecular weight is 405 g/mol. The number of aromatic nitrogens is 3. The number of carbonyl (C=O) groups is 1. The summed E-state index contributed by atoms with van der Waals surface area (Å²) >= 11 is 0. The van der Waals surface area contributed by atoms with E-state index in [9.17, 15) is 9.18 Å². The number of fused-ring (bicyclic) bond motifs is 1. The Bertz CT molecular complexity index is 991. The number of anilines is 2. The summed E-state index contributed by atoms with van der Waals surface area (Å²) in [5, 5.41) is 3.38. The minimum atomic E-state index is -0.434. The minimum Gasteiger partial charge on any atom is -0.367 e. The molecule has 0 saturated carbocycles. The second-order valence-corrected chi connectivity index (χ2v) is 7.26. The van der Waals surface area contributed by atoms with E-state index in [4.69, 9.17) is 5.73 Å². The van der Waals surface area contributed by atoms with E-state index in [0.717, 1.165) is 12.8 Å². The van der Waals surface area contributed by atoms with Crippen LogP contribution in [0.4, 0.5) is 15.8 Å². The molecule has 3 aromatic rings. The predicted octanol–water partition coefficient (Wildman–Crippen LogP) is 3.09. The molecule has 0 spiro atoms. The molecule has 1 unspecified atom stereocenters. The number of pyridine rings is 2. The van der Waals surface area contributed by atoms with E-state index in [2.05, 4.69) is 20.3 Å². The molecule has 0 aromatic carbocycles. The van der Waals surface area contributed by atoms with E-state index in [-0.39, 0.29) is 18.3 Å². The fourth-order valence-electron chi connectivity index (χ4n) is 3.61. The van der Waals surface area contributed by atoms with Crippen LogP contribution in [-0.4, -0.2) is 39.5 Å². The van der Waals surface area contributed by atoms with Gasteiger partial charge in [0.2, 0.25) is 0 Å². The van der Waals surface area contributed by atoms with Crippen molar-refractivity contribution < 1.29 is 9.18 Å². The molecule has 4 heterocycles. The molecule has 7 nitrogen and oxygen atoms in total. The lowest BCUT2D eigenvalue weighted by atomic mass is 9.92. The second-order valence-electron chi connectivity index (χ2n) is 7.26. The van der Waals surface area contributed by atoms with Gasteiger partial charge in [-0.1, -0.05) is 0 Å². The van der Waals surface area contributed by atoms with E-state index < -0.39 is 11.4 Å². The van der Waals surface area contributed by atoms with E-state index in [1.807, 2.05) is 11.8 Å². The van der Waals surface area contributed by atoms with Gasteiger partial charge in [0, 0.05) is 37.2 Å². The highest BCUT2D eigenvalue weighted by molar-refractivity contribution is 6.11. The second kappa shape index (κ2) is 7.73. The molecule has 1 atom stereocenters. The van der Waals surface area contributed by atoms with Gasteiger partial charge in [-0.15, -0.1) is 12.4 Å². The number of H-pyrrole nitrogens is 1. The quantitative estimate of drug-likeness (QED) is 0.622. The van der Waals surface area contributed by atoms with Gasteiger partial charge in [-0.25, -0.2) is 9.37 Å². The summed E-state index contributed by atoms with van der Waals surface area (Å²) in [6.45, 7) is 3.20. The number of aromatic amines is 1. The molecule has 1 amide bonds. The number of halogens is 2. The number of nitrogens with zero attached hydrogens (tertiary/aromatic N) is 3. The van der Waals surface area contributed by atoms with Gasteiger partial charge >= 0.3 is 0 Å². The predicted molar refractivity (Wildman–Crippen MR) is 110 cm³/mol. The third kappa shape index (κ3) is 3.79. The molecular formula is C19H22ClFN6O. The summed E-state index contributed by atoms with van der Waals surface area (Å²) < 4.78 is 14.8. The minimum absolute atomic E-state index is 0. The van der Waals surface area contributed by atoms with Gasteiger partial charge in [-0.3, -0.25) is 9.78 Å². The number of hydrogen-bond acceptors (Lipinski definition) is 5. The SMILES string of the molecule is CC1(N)CCCN(c2c(F)cnc3[nH]cc(NC(=O)c4cccnc4)c23)C1.Cl. The normalized spacial score (nSPS) is 19.3. The van der Waals surface area contributed by atoms with Crippen LogP contribution in [-0.2, 0) is 0 Å². The van der Waals surface area contributed by atoms with Crippen LogP contribution in [0.2, 0.25) is 0 Å². The highest BCUT2D eigenvalue weighted by Gasteiger charge is 2.30. The van der Waals surface area contributed by atoms with Gasteiger partial charge < -0.3 is 20.9 Å². The Labute approximate surface area is 167 Å². The van der Waals surface area contributed by atoms with Gasteiger partial charge in [-0.2, -0.15) is 0 Å². The third-order valence-electron chi connectivity index (χ3n) is 4.85. The number of rotatable bonds is 3. The maximum Gasteiger partial charge on any atom is 0.257 e. The molecule has 1 aliphatic heterocycles. The molecule has 28 heavy (non-hydrogen) atoms. The Morgan fingerprint density at radius 2 is 2.25 bits per heavy atom. The number of nitrogens with two attached hydrogens (primary N) is 1. The molecule has 1 fully saturated rings. The highest BCUT2D eigenvalue weighted by atomic mass is 35.5. The summed E-state index contributed by atoms with van der Waals surface area (Å²) in [5.41, 5.74) is 7.74. The number of hydrogen-bond donors (Lipinski definition) is 3. The Hall–Kier alpha value is -2.71. The van der Waals surface area contributed by atoms with Gasteiger partial charge in [-0.05, 0) is 31.9 Å². The van der Waals surface area contributed by atoms with E-state index in [1.54, 1.807) is 24.5 Å². The largest absolute Gasteiger partial charge is 0.367 e. The maximum atomic E-state index is 14.8. The van der Waals surface area contributed by atoms with Gasteiger partial charge in [0.1, 0.15) is 5.65 Å². The summed E-state index contributed by atoms with van der Waals surface area (Å²) in [4.78, 5) is 25.5. The fraction of sp³-hybridized carbons (Fsp3) is 0.316. The van der Waals surface area contributed by atoms with Crippen molar-refractivity contribution in [2.45, 2.75) is 25.3 Å². The topological polar surface area (TPSA) is 99.9 Å². The van der Waals surface area contributed by atoms with Crippen LogP contribution < -0.4 is 16.0 Å². The Morgan fingerprint density at radius 3 is 2.96 bits per heavy atom. The number of amides is 1. The first kappa shape index (κ1) is 20.0. The highest BCUT2D eigenvalue weighted by Crippen LogP contribution is 2.36. The Balaban J connectivity index is 0.00000225. The van der Waals surface area contributed by atoms with Crippen molar-refractivity contribution in [3.8, 4) is 0 Å². The number of nitrogens with one attached hydrogen (secondary N) is 2. The maximum absolute atomic E-state index is 14.8. The molecule has 4 rings (SSSR count). The Morgan fingerprint density at radius 1 is 1.43 bits per heavy atom. The van der Waals surface area contributed by atoms with Crippen molar-refractivity contribution in [1.29, 1.82) is 0 Å². The van der Waals surface area contributed by atoms with Crippen LogP contribution in [0.3, 0.4) is 0 Å². The van der Waals surface area contributed by atoms with Crippen LogP contribution >= 0.6 is 12.4 Å². The number of piperidine rings is 1. The summed E-state index contributed by atoms with van der Waals surface area (Å²) in [6.07, 6.45) is 7.66. The molecule has 148 valence electrons. The van der Waals surface area contributed by atoms with Crippen molar-refractivity contribution in [1.82, 2.24) is 15.0 Å². The first-order valence-electron chi connectivity index (χ1n) is 8.85.